The van der Waals surface area contributed by atoms with Gasteiger partial charge in [0.15, 0.2) is 0 Å². The Morgan fingerprint density at radius 1 is 1.06 bits per heavy atom. The van der Waals surface area contributed by atoms with Gasteiger partial charge in [0.1, 0.15) is 22.2 Å². The largest absolute Gasteiger partial charge is 0.508 e. The fourth-order valence-corrected chi connectivity index (χ4v) is 4.77. The number of sulfonamides is 1. The molecule has 0 aliphatic carbocycles. The minimum Gasteiger partial charge on any atom is -0.508 e. The summed E-state index contributed by atoms with van der Waals surface area (Å²) in [6, 6.07) is 1.35. The second kappa shape index (κ2) is 13.2. The Bertz CT molecular complexity index is 1020. The molecule has 33 heavy (non-hydrogen) atoms. The first-order chi connectivity index (χ1) is 15.4. The molecule has 0 atom stereocenters. The quantitative estimate of drug-likeness (QED) is 0.211. The molecule has 0 radical (unpaired) electrons. The molecule has 1 aromatic carbocycles. The molecule has 0 saturated heterocycles. The van der Waals surface area contributed by atoms with Gasteiger partial charge in [0.05, 0.1) is 6.42 Å². The number of rotatable bonds is 13. The predicted molar refractivity (Wildman–Crippen MR) is 130 cm³/mol. The summed E-state index contributed by atoms with van der Waals surface area (Å²) in [4.78, 5) is 22.8. The number of carbonyl (C=O) groups is 2. The highest BCUT2D eigenvalue weighted by Crippen LogP contribution is 2.38. The molecule has 184 valence electrons. The predicted octanol–water partition coefficient (Wildman–Crippen LogP) is 4.85. The zero-order valence-corrected chi connectivity index (χ0v) is 21.1. The summed E-state index contributed by atoms with van der Waals surface area (Å²) in [5, 5.41) is 21.5. The number of aryl methyl sites for hydroxylation is 1. The fourth-order valence-electron chi connectivity index (χ4n) is 3.41. The van der Waals surface area contributed by atoms with E-state index >= 15 is 0 Å². The maximum atomic E-state index is 13.0. The van der Waals surface area contributed by atoms with Gasteiger partial charge in [0, 0.05) is 5.56 Å². The summed E-state index contributed by atoms with van der Waals surface area (Å²) in [7, 11) is -4.45. The number of aromatic hydroxyl groups is 2. The Morgan fingerprint density at radius 3 is 2.30 bits per heavy atom. The Hall–Kier alpha value is -2.61. The van der Waals surface area contributed by atoms with Gasteiger partial charge in [0.25, 0.3) is 10.0 Å². The minimum absolute atomic E-state index is 0.0789. The van der Waals surface area contributed by atoms with Crippen molar-refractivity contribution in [2.75, 3.05) is 0 Å². The van der Waals surface area contributed by atoms with Crippen LogP contribution >= 0.6 is 0 Å². The van der Waals surface area contributed by atoms with E-state index in [1.807, 2.05) is 38.5 Å². The summed E-state index contributed by atoms with van der Waals surface area (Å²) < 4.78 is 27.9. The van der Waals surface area contributed by atoms with E-state index in [0.29, 0.717) is 12.8 Å². The molecule has 0 aliphatic rings. The summed E-state index contributed by atoms with van der Waals surface area (Å²) in [5.74, 6) is -2.21. The summed E-state index contributed by atoms with van der Waals surface area (Å²) in [5.41, 5.74) is 2.57. The lowest BCUT2D eigenvalue weighted by Crippen LogP contribution is -2.32. The van der Waals surface area contributed by atoms with Crippen LogP contribution < -0.4 is 4.72 Å². The van der Waals surface area contributed by atoms with Crippen LogP contribution in [0.25, 0.3) is 0 Å². The van der Waals surface area contributed by atoms with Crippen molar-refractivity contribution in [3.05, 3.63) is 40.5 Å². The van der Waals surface area contributed by atoms with Gasteiger partial charge in [-0.05, 0) is 71.4 Å². The number of Topliss-reactive ketones (excluding diaryl/α,β-unsaturated/α-hetero) is 1. The lowest BCUT2D eigenvalue weighted by Gasteiger charge is -2.17. The van der Waals surface area contributed by atoms with Crippen LogP contribution in [-0.2, 0) is 32.5 Å². The van der Waals surface area contributed by atoms with Gasteiger partial charge in [-0.15, -0.1) is 0 Å². The van der Waals surface area contributed by atoms with Gasteiger partial charge < -0.3 is 10.2 Å². The highest BCUT2D eigenvalue weighted by atomic mass is 32.2. The second-order valence-electron chi connectivity index (χ2n) is 8.65. The molecular weight excluding hydrogens is 442 g/mol. The first-order valence-electron chi connectivity index (χ1n) is 11.3. The molecule has 0 saturated carbocycles. The maximum absolute atomic E-state index is 13.0. The van der Waals surface area contributed by atoms with Crippen LogP contribution in [0.2, 0.25) is 0 Å². The molecule has 0 heterocycles. The number of hydrogen-bond donors (Lipinski definition) is 3. The average molecular weight is 480 g/mol. The number of phenols is 2. The molecule has 8 heteroatoms. The molecule has 1 aromatic rings. The van der Waals surface area contributed by atoms with Gasteiger partial charge in [-0.3, -0.25) is 9.59 Å². The van der Waals surface area contributed by atoms with Crippen molar-refractivity contribution in [1.82, 2.24) is 4.72 Å². The van der Waals surface area contributed by atoms with Crippen molar-refractivity contribution in [2.24, 2.45) is 0 Å². The first kappa shape index (κ1) is 28.4. The summed E-state index contributed by atoms with van der Waals surface area (Å²) in [6.07, 6.45) is 7.89. The summed E-state index contributed by atoms with van der Waals surface area (Å²) >= 11 is 0. The van der Waals surface area contributed by atoms with Gasteiger partial charge in [0.2, 0.25) is 5.91 Å². The zero-order chi connectivity index (χ0) is 25.2. The highest BCUT2D eigenvalue weighted by Gasteiger charge is 2.28. The van der Waals surface area contributed by atoms with Crippen molar-refractivity contribution >= 4 is 21.7 Å². The number of hydrogen-bond acceptors (Lipinski definition) is 6. The fraction of sp³-hybridized carbons (Fsp3) is 0.520. The third-order valence-corrected chi connectivity index (χ3v) is 6.62. The van der Waals surface area contributed by atoms with Crippen LogP contribution in [0.3, 0.4) is 0 Å². The van der Waals surface area contributed by atoms with E-state index in [4.69, 9.17) is 0 Å². The molecule has 1 rings (SSSR count). The van der Waals surface area contributed by atoms with E-state index in [-0.39, 0.29) is 23.3 Å². The summed E-state index contributed by atoms with van der Waals surface area (Å²) in [6.45, 7) is 9.17. The molecule has 0 spiro atoms. The Balaban J connectivity index is 3.37. The van der Waals surface area contributed by atoms with Crippen LogP contribution in [0, 0.1) is 0 Å². The number of carbonyl (C=O) groups excluding carboxylic acids is 2. The molecule has 0 unspecified atom stereocenters. The lowest BCUT2D eigenvalue weighted by molar-refractivity contribution is -0.126. The Labute approximate surface area is 197 Å². The number of allylic oxidation sites excluding steroid dienone is 4. The van der Waals surface area contributed by atoms with E-state index in [1.54, 1.807) is 0 Å². The topological polar surface area (TPSA) is 121 Å². The molecule has 0 fully saturated rings. The van der Waals surface area contributed by atoms with E-state index < -0.39 is 38.8 Å². The molecule has 1 amide bonds. The van der Waals surface area contributed by atoms with E-state index in [2.05, 4.69) is 6.08 Å². The average Bonchev–Trinajstić information content (AvgIpc) is 2.65. The van der Waals surface area contributed by atoms with Crippen LogP contribution in [-0.4, -0.2) is 30.3 Å². The van der Waals surface area contributed by atoms with E-state index in [9.17, 15) is 28.2 Å². The van der Waals surface area contributed by atoms with Gasteiger partial charge in [-0.2, -0.15) is 0 Å². The number of nitrogens with one attached hydrogen (secondary N) is 1. The van der Waals surface area contributed by atoms with Crippen LogP contribution in [0.5, 0.6) is 11.5 Å². The zero-order valence-electron chi connectivity index (χ0n) is 20.3. The monoisotopic (exact) mass is 479 g/mol. The normalized spacial score (nSPS) is 11.8. The number of amides is 1. The molecular formula is C25H37NO6S. The van der Waals surface area contributed by atoms with Crippen molar-refractivity contribution in [3.8, 4) is 11.5 Å². The van der Waals surface area contributed by atoms with E-state index in [0.717, 1.165) is 31.3 Å². The molecule has 7 nitrogen and oxygen atoms in total. The minimum atomic E-state index is -4.45. The maximum Gasteiger partial charge on any atom is 0.268 e. The number of phenolic OH excluding ortho intramolecular Hbond substituents is 2. The van der Waals surface area contributed by atoms with Crippen molar-refractivity contribution in [1.29, 1.82) is 0 Å². The van der Waals surface area contributed by atoms with Crippen LogP contribution in [0.15, 0.2) is 34.3 Å². The van der Waals surface area contributed by atoms with Gasteiger partial charge in [-0.1, -0.05) is 43.1 Å². The molecule has 0 aromatic heterocycles. The number of benzene rings is 1. The third-order valence-electron chi connectivity index (χ3n) is 5.13. The Morgan fingerprint density at radius 2 is 1.73 bits per heavy atom. The second-order valence-corrected chi connectivity index (χ2v) is 10.3. The number of unbranched alkanes of at least 4 members (excludes halogenated alkanes) is 2. The van der Waals surface area contributed by atoms with Crippen LogP contribution in [0.4, 0.5) is 0 Å². The first-order valence-corrected chi connectivity index (χ1v) is 12.8. The van der Waals surface area contributed by atoms with Gasteiger partial charge >= 0.3 is 0 Å². The van der Waals surface area contributed by atoms with Crippen molar-refractivity contribution in [3.63, 3.8) is 0 Å². The SMILES string of the molecule is CCCCCc1cc(O)c(C/C=C(\C)CCC=C(C)C)c(O)c1S(=O)(=O)NC(=O)CC(C)=O. The third kappa shape index (κ3) is 9.42. The van der Waals surface area contributed by atoms with Crippen LogP contribution in [0.1, 0.15) is 84.3 Å². The highest BCUT2D eigenvalue weighted by molar-refractivity contribution is 7.90. The van der Waals surface area contributed by atoms with E-state index in [1.165, 1.54) is 18.6 Å². The molecule has 0 bridgehead atoms. The van der Waals surface area contributed by atoms with Gasteiger partial charge in [-0.25, -0.2) is 13.1 Å². The molecule has 0 aliphatic heterocycles. The molecule has 3 N–H and O–H groups in total. The standard InChI is InChI=1S/C25H37NO6S/c1-6-7-8-12-20-16-22(28)21(14-13-18(4)11-9-10-17(2)3)24(30)25(20)33(31,32)26-23(29)15-19(5)27/h10,13,16,28,30H,6-9,11-12,14-15H2,1-5H3,(H,26,29)/b18-13+. The van der Waals surface area contributed by atoms with Crippen molar-refractivity contribution in [2.45, 2.75) is 90.9 Å². The lowest BCUT2D eigenvalue weighted by atomic mass is 10.00. The number of ketones is 1. The smallest absolute Gasteiger partial charge is 0.268 e. The Kier molecular flexibility index (Phi) is 11.4. The van der Waals surface area contributed by atoms with Crippen molar-refractivity contribution < 1.29 is 28.2 Å².